The Bertz CT molecular complexity index is 392. The van der Waals surface area contributed by atoms with Crippen LogP contribution in [0.5, 0.6) is 0 Å². The first-order chi connectivity index (χ1) is 6.27. The highest BCUT2D eigenvalue weighted by Crippen LogP contribution is 2.32. The van der Waals surface area contributed by atoms with Crippen LogP contribution in [0.25, 0.3) is 0 Å². The Kier molecular flexibility index (Phi) is 3.04. The van der Waals surface area contributed by atoms with Gasteiger partial charge in [0, 0.05) is 11.1 Å². The predicted molar refractivity (Wildman–Crippen MR) is 60.2 cm³/mol. The molecule has 1 aromatic heterocycles. The van der Waals surface area contributed by atoms with Crippen LogP contribution in [0.3, 0.4) is 0 Å². The van der Waals surface area contributed by atoms with E-state index in [1.54, 1.807) is 13.8 Å². The monoisotopic (exact) mass is 233 g/mol. The van der Waals surface area contributed by atoms with Crippen molar-refractivity contribution in [1.82, 2.24) is 0 Å². The second-order valence-electron chi connectivity index (χ2n) is 3.87. The number of nitrogens with two attached hydrogens (primary N) is 1. The molecule has 0 saturated carbocycles. The van der Waals surface area contributed by atoms with Crippen LogP contribution in [0.1, 0.15) is 24.8 Å². The Morgan fingerprint density at radius 3 is 2.43 bits per heavy atom. The average Bonchev–Trinajstić information content (AvgIpc) is 2.52. The van der Waals surface area contributed by atoms with Gasteiger partial charge in [-0.05, 0) is 25.3 Å². The van der Waals surface area contributed by atoms with Crippen molar-refractivity contribution in [3.05, 3.63) is 22.4 Å². The molecule has 14 heavy (non-hydrogen) atoms. The van der Waals surface area contributed by atoms with E-state index in [1.807, 2.05) is 17.5 Å². The third-order valence-electron chi connectivity index (χ3n) is 2.55. The van der Waals surface area contributed by atoms with E-state index < -0.39 is 20.6 Å². The van der Waals surface area contributed by atoms with Crippen molar-refractivity contribution in [2.45, 2.75) is 24.6 Å². The van der Waals surface area contributed by atoms with Crippen LogP contribution in [-0.2, 0) is 9.84 Å². The third kappa shape index (κ3) is 1.99. The van der Waals surface area contributed by atoms with Crippen molar-refractivity contribution >= 4 is 21.2 Å². The highest BCUT2D eigenvalue weighted by atomic mass is 32.2. The fourth-order valence-corrected chi connectivity index (χ4v) is 2.62. The molecule has 1 atom stereocenters. The molecule has 1 rings (SSSR count). The van der Waals surface area contributed by atoms with Gasteiger partial charge in [0.2, 0.25) is 0 Å². The molecule has 2 N–H and O–H groups in total. The second kappa shape index (κ2) is 3.64. The molecule has 1 unspecified atom stereocenters. The quantitative estimate of drug-likeness (QED) is 0.862. The summed E-state index contributed by atoms with van der Waals surface area (Å²) < 4.78 is 22.1. The molecular weight excluding hydrogens is 218 g/mol. The van der Waals surface area contributed by atoms with Crippen LogP contribution >= 0.6 is 11.3 Å². The summed E-state index contributed by atoms with van der Waals surface area (Å²) in [4.78, 5) is 0.903. The summed E-state index contributed by atoms with van der Waals surface area (Å²) in [5.41, 5.74) is 5.93. The van der Waals surface area contributed by atoms with Crippen molar-refractivity contribution < 1.29 is 8.42 Å². The van der Waals surface area contributed by atoms with Gasteiger partial charge in [0.15, 0.2) is 9.84 Å². The highest BCUT2D eigenvalue weighted by molar-refractivity contribution is 7.92. The molecule has 0 radical (unpaired) electrons. The van der Waals surface area contributed by atoms with Gasteiger partial charge in [0.05, 0.1) is 10.8 Å². The molecule has 1 heterocycles. The van der Waals surface area contributed by atoms with Crippen molar-refractivity contribution in [2.24, 2.45) is 5.73 Å². The van der Waals surface area contributed by atoms with Gasteiger partial charge in [-0.3, -0.25) is 0 Å². The topological polar surface area (TPSA) is 60.2 Å². The van der Waals surface area contributed by atoms with Gasteiger partial charge < -0.3 is 5.73 Å². The Labute approximate surface area is 88.9 Å². The SMILES string of the molecule is CC(C)(C(N)c1cccs1)S(C)(=O)=O. The summed E-state index contributed by atoms with van der Waals surface area (Å²) in [6.07, 6.45) is 1.22. The maximum Gasteiger partial charge on any atom is 0.154 e. The highest BCUT2D eigenvalue weighted by Gasteiger charge is 2.38. The van der Waals surface area contributed by atoms with Crippen LogP contribution in [0, 0.1) is 0 Å². The smallest absolute Gasteiger partial charge is 0.154 e. The normalized spacial score (nSPS) is 15.4. The van der Waals surface area contributed by atoms with Gasteiger partial charge in [-0.15, -0.1) is 11.3 Å². The maximum atomic E-state index is 11.5. The fourth-order valence-electron chi connectivity index (χ4n) is 1.04. The van der Waals surface area contributed by atoms with E-state index in [-0.39, 0.29) is 0 Å². The molecule has 3 nitrogen and oxygen atoms in total. The van der Waals surface area contributed by atoms with Crippen LogP contribution < -0.4 is 5.73 Å². The number of sulfone groups is 1. The molecule has 0 bridgehead atoms. The van der Waals surface area contributed by atoms with E-state index in [4.69, 9.17) is 5.73 Å². The van der Waals surface area contributed by atoms with Crippen molar-refractivity contribution in [3.63, 3.8) is 0 Å². The first-order valence-electron chi connectivity index (χ1n) is 4.25. The zero-order valence-electron chi connectivity index (χ0n) is 8.52. The molecule has 0 aliphatic carbocycles. The second-order valence-corrected chi connectivity index (χ2v) is 7.44. The van der Waals surface area contributed by atoms with Crippen LogP contribution in [0.4, 0.5) is 0 Å². The van der Waals surface area contributed by atoms with Crippen molar-refractivity contribution in [1.29, 1.82) is 0 Å². The van der Waals surface area contributed by atoms with Crippen molar-refractivity contribution in [3.8, 4) is 0 Å². The molecular formula is C9H15NO2S2. The number of thiophene rings is 1. The van der Waals surface area contributed by atoms with Gasteiger partial charge in [0.1, 0.15) is 0 Å². The van der Waals surface area contributed by atoms with Gasteiger partial charge in [0.25, 0.3) is 0 Å². The molecule has 0 amide bonds. The largest absolute Gasteiger partial charge is 0.322 e. The Morgan fingerprint density at radius 1 is 1.50 bits per heavy atom. The summed E-state index contributed by atoms with van der Waals surface area (Å²) in [6.45, 7) is 3.32. The maximum absolute atomic E-state index is 11.5. The first-order valence-corrected chi connectivity index (χ1v) is 7.02. The zero-order valence-corrected chi connectivity index (χ0v) is 10.2. The summed E-state index contributed by atoms with van der Waals surface area (Å²) in [6, 6.07) is 3.28. The summed E-state index contributed by atoms with van der Waals surface area (Å²) in [5.74, 6) is 0. The minimum absolute atomic E-state index is 0.461. The lowest BCUT2D eigenvalue weighted by Gasteiger charge is -2.28. The lowest BCUT2D eigenvalue weighted by Crippen LogP contribution is -2.41. The molecule has 5 heteroatoms. The lowest BCUT2D eigenvalue weighted by molar-refractivity contribution is 0.501. The van der Waals surface area contributed by atoms with E-state index in [1.165, 1.54) is 17.6 Å². The Balaban J connectivity index is 3.07. The minimum atomic E-state index is -3.15. The van der Waals surface area contributed by atoms with E-state index in [0.29, 0.717) is 0 Å². The molecule has 80 valence electrons. The fraction of sp³-hybridized carbons (Fsp3) is 0.556. The van der Waals surface area contributed by atoms with E-state index in [0.717, 1.165) is 4.88 Å². The third-order valence-corrected chi connectivity index (χ3v) is 5.67. The zero-order chi connectivity index (χ0) is 11.0. The first kappa shape index (κ1) is 11.7. The van der Waals surface area contributed by atoms with E-state index in [2.05, 4.69) is 0 Å². The molecule has 0 aromatic carbocycles. The molecule has 0 aliphatic rings. The van der Waals surface area contributed by atoms with Gasteiger partial charge >= 0.3 is 0 Å². The van der Waals surface area contributed by atoms with Crippen LogP contribution in [-0.4, -0.2) is 19.4 Å². The van der Waals surface area contributed by atoms with Crippen molar-refractivity contribution in [2.75, 3.05) is 6.26 Å². The lowest BCUT2D eigenvalue weighted by atomic mass is 10.0. The molecule has 1 aromatic rings. The summed E-state index contributed by atoms with van der Waals surface area (Å²) in [7, 11) is -3.15. The predicted octanol–water partition coefficient (Wildman–Crippen LogP) is 1.57. The van der Waals surface area contributed by atoms with Gasteiger partial charge in [-0.1, -0.05) is 6.07 Å². The summed E-state index contributed by atoms with van der Waals surface area (Å²) >= 11 is 1.48. The van der Waals surface area contributed by atoms with E-state index in [9.17, 15) is 8.42 Å². The molecule has 0 fully saturated rings. The minimum Gasteiger partial charge on any atom is -0.322 e. The Hall–Kier alpha value is -0.390. The van der Waals surface area contributed by atoms with Gasteiger partial charge in [-0.25, -0.2) is 8.42 Å². The number of hydrogen-bond donors (Lipinski definition) is 1. The Morgan fingerprint density at radius 2 is 2.07 bits per heavy atom. The number of hydrogen-bond acceptors (Lipinski definition) is 4. The standard InChI is InChI=1S/C9H15NO2S2/c1-9(2,14(3,11)12)8(10)7-5-4-6-13-7/h4-6,8H,10H2,1-3H3. The van der Waals surface area contributed by atoms with Crippen LogP contribution in [0.15, 0.2) is 17.5 Å². The van der Waals surface area contributed by atoms with Gasteiger partial charge in [-0.2, -0.15) is 0 Å². The summed E-state index contributed by atoms with van der Waals surface area (Å²) in [5, 5.41) is 1.90. The van der Waals surface area contributed by atoms with Crippen LogP contribution in [0.2, 0.25) is 0 Å². The molecule has 0 spiro atoms. The van der Waals surface area contributed by atoms with E-state index >= 15 is 0 Å². The molecule has 0 aliphatic heterocycles. The average molecular weight is 233 g/mol. The molecule has 0 saturated heterocycles. The number of rotatable bonds is 3.